The van der Waals surface area contributed by atoms with Crippen LogP contribution in [0.2, 0.25) is 5.02 Å². The fourth-order valence-corrected chi connectivity index (χ4v) is 1.83. The Kier molecular flexibility index (Phi) is 6.24. The summed E-state index contributed by atoms with van der Waals surface area (Å²) in [7, 11) is 0. The van der Waals surface area contributed by atoms with Crippen LogP contribution in [0.3, 0.4) is 0 Å². The first kappa shape index (κ1) is 17.0. The summed E-state index contributed by atoms with van der Waals surface area (Å²) in [5.41, 5.74) is 6.27. The molecule has 0 saturated heterocycles. The highest BCUT2D eigenvalue weighted by atomic mass is 35.5. The first-order chi connectivity index (χ1) is 9.86. The number of hydrogen-bond acceptors (Lipinski definition) is 4. The summed E-state index contributed by atoms with van der Waals surface area (Å²) in [4.78, 5) is 21.3. The number of carboxylic acid groups (broad SMARTS) is 1. The quantitative estimate of drug-likeness (QED) is 0.834. The minimum Gasteiger partial charge on any atom is -0.478 e. The van der Waals surface area contributed by atoms with Crippen molar-refractivity contribution in [3.05, 3.63) is 47.1 Å². The molecule has 0 aliphatic heterocycles. The van der Waals surface area contributed by atoms with E-state index in [2.05, 4.69) is 6.58 Å². The van der Waals surface area contributed by atoms with E-state index in [1.54, 1.807) is 19.1 Å². The molecule has 6 heteroatoms. The molecule has 1 fully saturated rings. The number of rotatable bonds is 4. The van der Waals surface area contributed by atoms with E-state index in [-0.39, 0.29) is 23.4 Å². The fraction of sp³-hybridized carbons (Fsp3) is 0.333. The molecule has 1 aromatic rings. The predicted molar refractivity (Wildman–Crippen MR) is 80.0 cm³/mol. The van der Waals surface area contributed by atoms with Crippen LogP contribution in [0, 0.1) is 11.8 Å². The molecule has 1 saturated carbocycles. The van der Waals surface area contributed by atoms with Crippen molar-refractivity contribution in [1.82, 2.24) is 0 Å². The van der Waals surface area contributed by atoms with Crippen molar-refractivity contribution in [3.8, 4) is 0 Å². The van der Waals surface area contributed by atoms with Gasteiger partial charge in [-0.15, -0.1) is 0 Å². The summed E-state index contributed by atoms with van der Waals surface area (Å²) in [5, 5.41) is 8.98. The zero-order valence-corrected chi connectivity index (χ0v) is 12.5. The molecule has 2 rings (SSSR count). The molecule has 2 atom stereocenters. The van der Waals surface area contributed by atoms with Gasteiger partial charge >= 0.3 is 11.9 Å². The zero-order valence-electron chi connectivity index (χ0n) is 11.7. The molecule has 1 aliphatic carbocycles. The normalized spacial score (nSPS) is 19.0. The lowest BCUT2D eigenvalue weighted by Gasteiger charge is -1.99. The van der Waals surface area contributed by atoms with Crippen LogP contribution in [0.5, 0.6) is 0 Å². The number of hydrogen-bond donors (Lipinski definition) is 2. The maximum absolute atomic E-state index is 11.0. The Morgan fingerprint density at radius 3 is 2.33 bits per heavy atom. The molecular formula is C15H18ClNO4. The lowest BCUT2D eigenvalue weighted by atomic mass is 10.2. The van der Waals surface area contributed by atoms with Crippen LogP contribution in [0.4, 0.5) is 0 Å². The molecule has 0 radical (unpaired) electrons. The molecule has 1 aromatic carbocycles. The van der Waals surface area contributed by atoms with Gasteiger partial charge in [-0.25, -0.2) is 4.79 Å². The van der Waals surface area contributed by atoms with Crippen molar-refractivity contribution < 1.29 is 19.4 Å². The maximum Gasteiger partial charge on any atom is 0.335 e. The van der Waals surface area contributed by atoms with Gasteiger partial charge < -0.3 is 15.6 Å². The third-order valence-electron chi connectivity index (χ3n) is 2.95. The third kappa shape index (κ3) is 5.47. The molecular weight excluding hydrogens is 294 g/mol. The van der Waals surface area contributed by atoms with Crippen molar-refractivity contribution in [1.29, 1.82) is 0 Å². The van der Waals surface area contributed by atoms with Crippen LogP contribution in [-0.4, -0.2) is 23.7 Å². The predicted octanol–water partition coefficient (Wildman–Crippen LogP) is 2.70. The van der Waals surface area contributed by atoms with Gasteiger partial charge in [0.15, 0.2) is 0 Å². The van der Waals surface area contributed by atoms with E-state index < -0.39 is 5.97 Å². The number of carboxylic acids is 1. The monoisotopic (exact) mass is 311 g/mol. The number of aromatic carboxylic acids is 1. The van der Waals surface area contributed by atoms with E-state index in [4.69, 9.17) is 27.2 Å². The van der Waals surface area contributed by atoms with Crippen molar-refractivity contribution in [3.63, 3.8) is 0 Å². The number of halogens is 1. The lowest BCUT2D eigenvalue weighted by molar-refractivity contribution is -0.144. The fourth-order valence-electron chi connectivity index (χ4n) is 1.71. The topological polar surface area (TPSA) is 89.6 Å². The summed E-state index contributed by atoms with van der Waals surface area (Å²) in [6.07, 6.45) is 0.814. The molecule has 114 valence electrons. The minimum atomic E-state index is -0.934. The van der Waals surface area contributed by atoms with Gasteiger partial charge in [-0.1, -0.05) is 18.2 Å². The summed E-state index contributed by atoms with van der Waals surface area (Å²) in [6.45, 7) is 5.82. The summed E-state index contributed by atoms with van der Waals surface area (Å²) in [6, 6.07) is 6.02. The van der Waals surface area contributed by atoms with Crippen LogP contribution in [-0.2, 0) is 9.53 Å². The first-order valence-electron chi connectivity index (χ1n) is 6.46. The van der Waals surface area contributed by atoms with Crippen LogP contribution < -0.4 is 5.73 Å². The van der Waals surface area contributed by atoms with Gasteiger partial charge in [-0.2, -0.15) is 0 Å². The Morgan fingerprint density at radius 1 is 1.38 bits per heavy atom. The second kappa shape index (κ2) is 7.69. The van der Waals surface area contributed by atoms with E-state index in [0.29, 0.717) is 17.3 Å². The average molecular weight is 312 g/mol. The Hall–Kier alpha value is -2.01. The number of esters is 1. The van der Waals surface area contributed by atoms with Gasteiger partial charge in [0.25, 0.3) is 0 Å². The Labute approximate surface area is 128 Å². The van der Waals surface area contributed by atoms with Gasteiger partial charge in [-0.05, 0) is 37.6 Å². The highest BCUT2D eigenvalue weighted by Gasteiger charge is 2.45. The largest absolute Gasteiger partial charge is 0.478 e. The van der Waals surface area contributed by atoms with Crippen LogP contribution in [0.1, 0.15) is 23.7 Å². The van der Waals surface area contributed by atoms with E-state index in [0.717, 1.165) is 6.42 Å². The van der Waals surface area contributed by atoms with E-state index in [9.17, 15) is 9.59 Å². The van der Waals surface area contributed by atoms with Crippen LogP contribution in [0.25, 0.3) is 0 Å². The van der Waals surface area contributed by atoms with Crippen molar-refractivity contribution >= 4 is 23.5 Å². The lowest BCUT2D eigenvalue weighted by Crippen LogP contribution is -2.09. The summed E-state index contributed by atoms with van der Waals surface area (Å²) in [5.74, 6) is -0.901. The Morgan fingerprint density at radius 2 is 1.95 bits per heavy atom. The van der Waals surface area contributed by atoms with Gasteiger partial charge in [-0.3, -0.25) is 4.79 Å². The van der Waals surface area contributed by atoms with Gasteiger partial charge in [0, 0.05) is 16.6 Å². The average Bonchev–Trinajstić information content (AvgIpc) is 3.20. The third-order valence-corrected chi connectivity index (χ3v) is 3.20. The number of nitrogens with two attached hydrogens (primary N) is 1. The SMILES string of the molecule is C=C(N)C1CC1C(=O)OCC.O=C(O)c1ccc(Cl)cc1. The minimum absolute atomic E-state index is 0.00699. The molecule has 2 unspecified atom stereocenters. The standard InChI is InChI=1S/C8H13NO2.C7H5ClO2/c1-3-11-8(10)7-4-6(7)5(2)9;8-6-3-1-5(2-4-6)7(9)10/h6-7H,2-4,9H2,1H3;1-4H,(H,9,10). The van der Waals surface area contributed by atoms with Crippen molar-refractivity contribution in [2.75, 3.05) is 6.61 Å². The van der Waals surface area contributed by atoms with Crippen molar-refractivity contribution in [2.24, 2.45) is 17.6 Å². The first-order valence-corrected chi connectivity index (χ1v) is 6.84. The van der Waals surface area contributed by atoms with E-state index in [1.807, 2.05) is 0 Å². The molecule has 0 bridgehead atoms. The number of carbonyl (C=O) groups excluding carboxylic acids is 1. The van der Waals surface area contributed by atoms with Gasteiger partial charge in [0.1, 0.15) is 0 Å². The highest BCUT2D eigenvalue weighted by Crippen LogP contribution is 2.42. The zero-order chi connectivity index (χ0) is 16.0. The second-order valence-electron chi connectivity index (χ2n) is 4.59. The molecule has 0 heterocycles. The molecule has 21 heavy (non-hydrogen) atoms. The maximum atomic E-state index is 11.0. The van der Waals surface area contributed by atoms with E-state index >= 15 is 0 Å². The van der Waals surface area contributed by atoms with E-state index in [1.165, 1.54) is 12.1 Å². The number of ether oxygens (including phenoxy) is 1. The molecule has 0 spiro atoms. The molecule has 3 N–H and O–H groups in total. The summed E-state index contributed by atoms with van der Waals surface area (Å²) < 4.78 is 4.81. The smallest absolute Gasteiger partial charge is 0.335 e. The highest BCUT2D eigenvalue weighted by molar-refractivity contribution is 6.30. The number of allylic oxidation sites excluding steroid dienone is 1. The Bertz CT molecular complexity index is 527. The number of carbonyl (C=O) groups is 2. The number of benzene rings is 1. The van der Waals surface area contributed by atoms with Crippen LogP contribution in [0.15, 0.2) is 36.5 Å². The Balaban J connectivity index is 0.000000211. The second-order valence-corrected chi connectivity index (χ2v) is 5.02. The molecule has 1 aliphatic rings. The molecule has 5 nitrogen and oxygen atoms in total. The molecule has 0 aromatic heterocycles. The van der Waals surface area contributed by atoms with Crippen molar-refractivity contribution in [2.45, 2.75) is 13.3 Å². The van der Waals surface area contributed by atoms with Gasteiger partial charge in [0.05, 0.1) is 18.1 Å². The van der Waals surface area contributed by atoms with Crippen LogP contribution >= 0.6 is 11.6 Å². The summed E-state index contributed by atoms with van der Waals surface area (Å²) >= 11 is 5.52. The van der Waals surface area contributed by atoms with Gasteiger partial charge in [0.2, 0.25) is 0 Å². The molecule has 0 amide bonds.